The molecule has 2 amide bonds. The van der Waals surface area contributed by atoms with Crippen molar-refractivity contribution < 1.29 is 9.53 Å². The fourth-order valence-electron chi connectivity index (χ4n) is 3.76. The Morgan fingerprint density at radius 1 is 1.28 bits per heavy atom. The maximum absolute atomic E-state index is 12.6. The van der Waals surface area contributed by atoms with Crippen LogP contribution in [0.4, 0.5) is 4.79 Å². The van der Waals surface area contributed by atoms with Gasteiger partial charge in [0, 0.05) is 18.2 Å². The lowest BCUT2D eigenvalue weighted by Crippen LogP contribution is -2.44. The summed E-state index contributed by atoms with van der Waals surface area (Å²) in [4.78, 5) is 16.9. The molecule has 0 radical (unpaired) electrons. The Hall–Kier alpha value is -1.75. The van der Waals surface area contributed by atoms with Gasteiger partial charge in [-0.1, -0.05) is 32.8 Å². The fourth-order valence-corrected chi connectivity index (χ4v) is 3.76. The van der Waals surface area contributed by atoms with Crippen molar-refractivity contribution in [2.45, 2.75) is 58.7 Å². The van der Waals surface area contributed by atoms with Crippen LogP contribution in [0.25, 0.3) is 0 Å². The molecule has 5 heteroatoms. The highest BCUT2D eigenvalue weighted by Crippen LogP contribution is 2.25. The summed E-state index contributed by atoms with van der Waals surface area (Å²) >= 11 is 0. The van der Waals surface area contributed by atoms with Crippen LogP contribution < -0.4 is 10.1 Å². The standard InChI is InChI=1S/C20H31N3O2/c1-3-22(4-2)14-16-9-10-19-17(13-16)15-23(11-12-25-19)20(24)21-18-7-5-6-8-18/h9-10,13,18H,3-8,11-12,14-15H2,1-2H3,(H,21,24). The van der Waals surface area contributed by atoms with Gasteiger partial charge in [-0.2, -0.15) is 0 Å². The molecule has 2 aliphatic rings. The lowest BCUT2D eigenvalue weighted by Gasteiger charge is -2.23. The number of benzene rings is 1. The minimum Gasteiger partial charge on any atom is -0.491 e. The topological polar surface area (TPSA) is 44.8 Å². The van der Waals surface area contributed by atoms with Crippen LogP contribution in [0.15, 0.2) is 18.2 Å². The molecule has 1 aromatic carbocycles. The number of fused-ring (bicyclic) bond motifs is 1. The van der Waals surface area contributed by atoms with E-state index in [0.29, 0.717) is 25.7 Å². The van der Waals surface area contributed by atoms with Crippen molar-refractivity contribution in [3.8, 4) is 5.75 Å². The first-order valence-corrected chi connectivity index (χ1v) is 9.72. The number of rotatable bonds is 5. The average molecular weight is 345 g/mol. The zero-order chi connectivity index (χ0) is 17.6. The van der Waals surface area contributed by atoms with E-state index >= 15 is 0 Å². The van der Waals surface area contributed by atoms with E-state index in [2.05, 4.69) is 42.3 Å². The van der Waals surface area contributed by atoms with Crippen LogP contribution in [0.1, 0.15) is 50.7 Å². The third-order valence-electron chi connectivity index (χ3n) is 5.38. The third-order valence-corrected chi connectivity index (χ3v) is 5.38. The number of carbonyl (C=O) groups excluding carboxylic acids is 1. The number of nitrogens with one attached hydrogen (secondary N) is 1. The first-order valence-electron chi connectivity index (χ1n) is 9.72. The van der Waals surface area contributed by atoms with Crippen molar-refractivity contribution >= 4 is 6.03 Å². The molecule has 0 bridgehead atoms. The largest absolute Gasteiger partial charge is 0.491 e. The van der Waals surface area contributed by atoms with Gasteiger partial charge in [0.15, 0.2) is 0 Å². The molecule has 0 aromatic heterocycles. The molecule has 1 fully saturated rings. The van der Waals surface area contributed by atoms with Crippen LogP contribution in [0.5, 0.6) is 5.75 Å². The normalized spacial score (nSPS) is 18.0. The Morgan fingerprint density at radius 3 is 2.76 bits per heavy atom. The summed E-state index contributed by atoms with van der Waals surface area (Å²) < 4.78 is 5.88. The molecular formula is C20H31N3O2. The molecule has 1 N–H and O–H groups in total. The Morgan fingerprint density at radius 2 is 2.04 bits per heavy atom. The second-order valence-corrected chi connectivity index (χ2v) is 7.10. The number of hydrogen-bond acceptors (Lipinski definition) is 3. The minimum atomic E-state index is 0.0532. The van der Waals surface area contributed by atoms with Gasteiger partial charge in [-0.15, -0.1) is 0 Å². The van der Waals surface area contributed by atoms with Crippen molar-refractivity contribution in [3.63, 3.8) is 0 Å². The Bertz CT molecular complexity index is 580. The van der Waals surface area contributed by atoms with E-state index < -0.39 is 0 Å². The Kier molecular flexibility index (Phi) is 6.19. The maximum atomic E-state index is 12.6. The van der Waals surface area contributed by atoms with Gasteiger partial charge in [0.05, 0.1) is 13.1 Å². The van der Waals surface area contributed by atoms with Crippen molar-refractivity contribution in [1.29, 1.82) is 0 Å². The fraction of sp³-hybridized carbons (Fsp3) is 0.650. The number of hydrogen-bond donors (Lipinski definition) is 1. The van der Waals surface area contributed by atoms with Crippen LogP contribution in [0.3, 0.4) is 0 Å². The molecule has 0 spiro atoms. The van der Waals surface area contributed by atoms with E-state index in [0.717, 1.165) is 43.8 Å². The molecule has 138 valence electrons. The molecule has 25 heavy (non-hydrogen) atoms. The number of amides is 2. The molecule has 1 heterocycles. The van der Waals surface area contributed by atoms with E-state index in [1.54, 1.807) is 0 Å². The number of nitrogens with zero attached hydrogens (tertiary/aromatic N) is 2. The quantitative estimate of drug-likeness (QED) is 0.890. The Balaban J connectivity index is 1.68. The second-order valence-electron chi connectivity index (χ2n) is 7.10. The highest BCUT2D eigenvalue weighted by molar-refractivity contribution is 5.74. The molecule has 0 saturated heterocycles. The molecule has 1 aliphatic heterocycles. The van der Waals surface area contributed by atoms with Crippen LogP contribution in [0, 0.1) is 0 Å². The molecule has 0 atom stereocenters. The van der Waals surface area contributed by atoms with Gasteiger partial charge < -0.3 is 15.0 Å². The van der Waals surface area contributed by atoms with Gasteiger partial charge in [0.2, 0.25) is 0 Å². The van der Waals surface area contributed by atoms with E-state index in [1.165, 1.54) is 18.4 Å². The maximum Gasteiger partial charge on any atom is 0.318 e. The van der Waals surface area contributed by atoms with Gasteiger partial charge in [-0.25, -0.2) is 4.79 Å². The smallest absolute Gasteiger partial charge is 0.318 e. The van der Waals surface area contributed by atoms with Gasteiger partial charge >= 0.3 is 6.03 Å². The number of ether oxygens (including phenoxy) is 1. The van der Waals surface area contributed by atoms with Crippen molar-refractivity contribution in [1.82, 2.24) is 15.1 Å². The Labute approximate surface area is 151 Å². The summed E-state index contributed by atoms with van der Waals surface area (Å²) in [5, 5.41) is 3.20. The first-order chi connectivity index (χ1) is 12.2. The third kappa shape index (κ3) is 4.66. The molecular weight excluding hydrogens is 314 g/mol. The summed E-state index contributed by atoms with van der Waals surface area (Å²) in [6.45, 7) is 9.21. The van der Waals surface area contributed by atoms with E-state index in [1.807, 2.05) is 4.90 Å². The van der Waals surface area contributed by atoms with Crippen LogP contribution >= 0.6 is 0 Å². The average Bonchev–Trinajstić information content (AvgIpc) is 3.03. The molecule has 1 aliphatic carbocycles. The predicted octanol–water partition coefficient (Wildman–Crippen LogP) is 3.38. The van der Waals surface area contributed by atoms with Gasteiger partial charge in [0.25, 0.3) is 0 Å². The lowest BCUT2D eigenvalue weighted by molar-refractivity contribution is 0.184. The van der Waals surface area contributed by atoms with Gasteiger partial charge in [-0.3, -0.25) is 4.90 Å². The predicted molar refractivity (Wildman–Crippen MR) is 99.8 cm³/mol. The van der Waals surface area contributed by atoms with Crippen LogP contribution in [0.2, 0.25) is 0 Å². The number of urea groups is 1. The summed E-state index contributed by atoms with van der Waals surface area (Å²) in [6.07, 6.45) is 4.68. The summed E-state index contributed by atoms with van der Waals surface area (Å²) in [7, 11) is 0. The zero-order valence-corrected chi connectivity index (χ0v) is 15.6. The SMILES string of the molecule is CCN(CC)Cc1ccc2c(c1)CN(C(=O)NC1CCCC1)CCO2. The van der Waals surface area contributed by atoms with Crippen molar-refractivity contribution in [2.24, 2.45) is 0 Å². The molecule has 1 saturated carbocycles. The minimum absolute atomic E-state index is 0.0532. The van der Waals surface area contributed by atoms with E-state index in [-0.39, 0.29) is 6.03 Å². The van der Waals surface area contributed by atoms with Crippen LogP contribution in [-0.2, 0) is 13.1 Å². The van der Waals surface area contributed by atoms with E-state index in [4.69, 9.17) is 4.74 Å². The van der Waals surface area contributed by atoms with Crippen LogP contribution in [-0.4, -0.2) is 48.1 Å². The summed E-state index contributed by atoms with van der Waals surface area (Å²) in [5.41, 5.74) is 2.40. The monoisotopic (exact) mass is 345 g/mol. The summed E-state index contributed by atoms with van der Waals surface area (Å²) in [5.74, 6) is 0.916. The molecule has 5 nitrogen and oxygen atoms in total. The second kappa shape index (κ2) is 8.56. The summed E-state index contributed by atoms with van der Waals surface area (Å²) in [6, 6.07) is 6.81. The lowest BCUT2D eigenvalue weighted by atomic mass is 10.1. The van der Waals surface area contributed by atoms with Gasteiger partial charge in [-0.05, 0) is 43.6 Å². The highest BCUT2D eigenvalue weighted by atomic mass is 16.5. The zero-order valence-electron chi connectivity index (χ0n) is 15.6. The van der Waals surface area contributed by atoms with Gasteiger partial charge in [0.1, 0.15) is 12.4 Å². The van der Waals surface area contributed by atoms with E-state index in [9.17, 15) is 4.79 Å². The molecule has 3 rings (SSSR count). The first kappa shape index (κ1) is 18.1. The van der Waals surface area contributed by atoms with Crippen molar-refractivity contribution in [2.75, 3.05) is 26.2 Å². The highest BCUT2D eigenvalue weighted by Gasteiger charge is 2.24. The molecule has 1 aromatic rings. The molecule has 0 unspecified atom stereocenters. The van der Waals surface area contributed by atoms with Crippen molar-refractivity contribution in [3.05, 3.63) is 29.3 Å². The number of carbonyl (C=O) groups is 1.